The summed E-state index contributed by atoms with van der Waals surface area (Å²) in [6.45, 7) is 0. The number of unbranched alkanes of at least 4 members (excludes halogenated alkanes) is 1. The Hall–Kier alpha value is -0.400. The van der Waals surface area contributed by atoms with Gasteiger partial charge in [-0.05, 0) is 12.8 Å². The van der Waals surface area contributed by atoms with Crippen LogP contribution in [0.2, 0.25) is 0 Å². The Bertz CT molecular complexity index is 351. The highest BCUT2D eigenvalue weighted by atomic mass is 35.5. The van der Waals surface area contributed by atoms with E-state index in [0.29, 0.717) is 23.7 Å². The Labute approximate surface area is 91.7 Å². The van der Waals surface area contributed by atoms with Crippen LogP contribution in [0, 0.1) is 0 Å². The van der Waals surface area contributed by atoms with Crippen LogP contribution in [0.5, 0.6) is 0 Å². The Balaban J connectivity index is 2.42. The van der Waals surface area contributed by atoms with Gasteiger partial charge in [-0.2, -0.15) is 0 Å². The smallest absolute Gasteiger partial charge is 0.233 e. The molecule has 0 aliphatic carbocycles. The second-order valence-corrected chi connectivity index (χ2v) is 5.60. The molecule has 1 rings (SSSR count). The Morgan fingerprint density at radius 2 is 2.29 bits per heavy atom. The lowest BCUT2D eigenvalue weighted by Gasteiger charge is -2.03. The number of nitrogens with one attached hydrogen (secondary N) is 1. The van der Waals surface area contributed by atoms with E-state index >= 15 is 0 Å². The van der Waals surface area contributed by atoms with Gasteiger partial charge in [0.15, 0.2) is 0 Å². The zero-order valence-electron chi connectivity index (χ0n) is 7.31. The molecule has 0 aromatic carbocycles. The minimum absolute atomic E-state index is 0.0810. The van der Waals surface area contributed by atoms with Crippen LogP contribution in [0.15, 0.2) is 6.20 Å². The average molecular weight is 256 g/mol. The predicted molar refractivity (Wildman–Crippen MR) is 57.3 cm³/mol. The van der Waals surface area contributed by atoms with E-state index in [-0.39, 0.29) is 5.75 Å². The lowest BCUT2D eigenvalue weighted by atomic mass is 10.4. The van der Waals surface area contributed by atoms with Gasteiger partial charge in [-0.1, -0.05) is 4.49 Å². The molecular formula is C6H10ClN3O2S2. The highest BCUT2D eigenvalue weighted by Crippen LogP contribution is 2.12. The number of nitrogens with zero attached hydrogens (tertiary/aromatic N) is 2. The van der Waals surface area contributed by atoms with Crippen molar-refractivity contribution in [1.82, 2.24) is 9.59 Å². The monoisotopic (exact) mass is 255 g/mol. The van der Waals surface area contributed by atoms with Gasteiger partial charge in [-0.3, -0.25) is 4.72 Å². The van der Waals surface area contributed by atoms with E-state index in [2.05, 4.69) is 14.3 Å². The molecule has 0 amide bonds. The van der Waals surface area contributed by atoms with E-state index in [1.165, 1.54) is 6.20 Å². The largest absolute Gasteiger partial charge is 0.272 e. The van der Waals surface area contributed by atoms with E-state index in [9.17, 15) is 8.42 Å². The molecule has 0 saturated carbocycles. The van der Waals surface area contributed by atoms with Gasteiger partial charge in [-0.15, -0.1) is 16.7 Å². The van der Waals surface area contributed by atoms with Crippen LogP contribution in [-0.2, 0) is 10.0 Å². The molecule has 0 bridgehead atoms. The summed E-state index contributed by atoms with van der Waals surface area (Å²) in [6, 6.07) is 0. The first-order valence-electron chi connectivity index (χ1n) is 3.98. The number of hydrogen-bond donors (Lipinski definition) is 1. The first-order valence-corrected chi connectivity index (χ1v) is 6.94. The minimum Gasteiger partial charge on any atom is -0.272 e. The molecule has 8 heteroatoms. The maximum atomic E-state index is 11.4. The van der Waals surface area contributed by atoms with Crippen molar-refractivity contribution in [2.75, 3.05) is 16.4 Å². The van der Waals surface area contributed by atoms with E-state index < -0.39 is 10.0 Å². The van der Waals surface area contributed by atoms with Crippen LogP contribution in [0.1, 0.15) is 12.8 Å². The van der Waals surface area contributed by atoms with Crippen molar-refractivity contribution in [3.8, 4) is 0 Å². The van der Waals surface area contributed by atoms with Gasteiger partial charge < -0.3 is 0 Å². The summed E-state index contributed by atoms with van der Waals surface area (Å²) in [5, 5.41) is 3.96. The molecule has 0 aliphatic heterocycles. The van der Waals surface area contributed by atoms with Gasteiger partial charge in [0.05, 0.1) is 11.9 Å². The maximum absolute atomic E-state index is 11.4. The first kappa shape index (κ1) is 11.7. The van der Waals surface area contributed by atoms with Crippen LogP contribution < -0.4 is 4.72 Å². The molecule has 1 heterocycles. The van der Waals surface area contributed by atoms with Crippen LogP contribution in [0.25, 0.3) is 0 Å². The summed E-state index contributed by atoms with van der Waals surface area (Å²) in [6.07, 6.45) is 2.64. The standard InChI is InChI=1S/C6H10ClN3O2S2/c7-3-1-2-4-14(11,12)9-6-5-8-10-13-6/h5,9H,1-4H2. The third-order valence-electron chi connectivity index (χ3n) is 1.41. The van der Waals surface area contributed by atoms with Crippen molar-refractivity contribution >= 4 is 38.2 Å². The second kappa shape index (κ2) is 5.47. The van der Waals surface area contributed by atoms with Gasteiger partial charge in [0.25, 0.3) is 0 Å². The average Bonchev–Trinajstić information content (AvgIpc) is 2.56. The Morgan fingerprint density at radius 1 is 1.50 bits per heavy atom. The summed E-state index contributed by atoms with van der Waals surface area (Å²) in [7, 11) is -3.26. The lowest BCUT2D eigenvalue weighted by Crippen LogP contribution is -2.16. The summed E-state index contributed by atoms with van der Waals surface area (Å²) in [5.41, 5.74) is 0. The van der Waals surface area contributed by atoms with Crippen LogP contribution in [0.4, 0.5) is 5.00 Å². The molecule has 5 nitrogen and oxygen atoms in total. The van der Waals surface area contributed by atoms with Crippen molar-refractivity contribution < 1.29 is 8.42 Å². The predicted octanol–water partition coefficient (Wildman–Crippen LogP) is 1.30. The highest BCUT2D eigenvalue weighted by molar-refractivity contribution is 7.92. The second-order valence-electron chi connectivity index (χ2n) is 2.60. The fourth-order valence-electron chi connectivity index (χ4n) is 0.803. The first-order chi connectivity index (χ1) is 6.64. The molecule has 1 aromatic rings. The number of rotatable bonds is 6. The number of aromatic nitrogens is 2. The number of sulfonamides is 1. The molecule has 0 unspecified atom stereocenters. The molecule has 1 aromatic heterocycles. The number of hydrogen-bond acceptors (Lipinski definition) is 5. The molecule has 0 fully saturated rings. The zero-order valence-corrected chi connectivity index (χ0v) is 9.70. The van der Waals surface area contributed by atoms with Gasteiger partial charge in [0.2, 0.25) is 10.0 Å². The summed E-state index contributed by atoms with van der Waals surface area (Å²) >= 11 is 6.45. The van der Waals surface area contributed by atoms with E-state index in [0.717, 1.165) is 11.5 Å². The van der Waals surface area contributed by atoms with Crippen molar-refractivity contribution in [3.05, 3.63) is 6.20 Å². The fraction of sp³-hybridized carbons (Fsp3) is 0.667. The quantitative estimate of drug-likeness (QED) is 0.614. The maximum Gasteiger partial charge on any atom is 0.233 e. The molecule has 1 N–H and O–H groups in total. The number of anilines is 1. The van der Waals surface area contributed by atoms with Crippen molar-refractivity contribution in [3.63, 3.8) is 0 Å². The van der Waals surface area contributed by atoms with Crippen LogP contribution in [-0.4, -0.2) is 29.6 Å². The van der Waals surface area contributed by atoms with Crippen LogP contribution in [0.3, 0.4) is 0 Å². The Morgan fingerprint density at radius 3 is 2.86 bits per heavy atom. The third kappa shape index (κ3) is 4.21. The fourth-order valence-corrected chi connectivity index (χ4v) is 2.84. The van der Waals surface area contributed by atoms with Crippen molar-refractivity contribution in [2.45, 2.75) is 12.8 Å². The summed E-state index contributed by atoms with van der Waals surface area (Å²) < 4.78 is 28.7. The SMILES string of the molecule is O=S(=O)(CCCCCl)Nc1cnns1. The zero-order chi connectivity index (χ0) is 10.4. The summed E-state index contributed by atoms with van der Waals surface area (Å²) in [5.74, 6) is 0.565. The normalized spacial score (nSPS) is 11.5. The topological polar surface area (TPSA) is 72.0 Å². The van der Waals surface area contributed by atoms with Gasteiger partial charge in [-0.25, -0.2) is 8.42 Å². The van der Waals surface area contributed by atoms with Crippen molar-refractivity contribution in [2.24, 2.45) is 0 Å². The third-order valence-corrected chi connectivity index (χ3v) is 3.75. The van der Waals surface area contributed by atoms with Gasteiger partial charge in [0, 0.05) is 17.4 Å². The number of halogens is 1. The molecule has 0 radical (unpaired) electrons. The van der Waals surface area contributed by atoms with E-state index in [4.69, 9.17) is 11.6 Å². The molecular weight excluding hydrogens is 246 g/mol. The molecule has 0 atom stereocenters. The molecule has 0 spiro atoms. The molecule has 80 valence electrons. The lowest BCUT2D eigenvalue weighted by molar-refractivity contribution is 0.598. The van der Waals surface area contributed by atoms with Crippen LogP contribution >= 0.6 is 23.1 Å². The van der Waals surface area contributed by atoms with E-state index in [1.54, 1.807) is 0 Å². The minimum atomic E-state index is -3.26. The van der Waals surface area contributed by atoms with Gasteiger partial charge in [0.1, 0.15) is 5.00 Å². The van der Waals surface area contributed by atoms with Gasteiger partial charge >= 0.3 is 0 Å². The van der Waals surface area contributed by atoms with E-state index in [1.807, 2.05) is 0 Å². The summed E-state index contributed by atoms with van der Waals surface area (Å²) in [4.78, 5) is 0. The Kier molecular flexibility index (Phi) is 4.56. The molecule has 0 saturated heterocycles. The molecule has 14 heavy (non-hydrogen) atoms. The number of alkyl halides is 1. The molecule has 0 aliphatic rings. The highest BCUT2D eigenvalue weighted by Gasteiger charge is 2.10. The van der Waals surface area contributed by atoms with Crippen molar-refractivity contribution in [1.29, 1.82) is 0 Å².